The third-order valence-corrected chi connectivity index (χ3v) is 4.20. The van der Waals surface area contributed by atoms with Crippen LogP contribution in [0.1, 0.15) is 30.3 Å². The third kappa shape index (κ3) is 3.33. The highest BCUT2D eigenvalue weighted by Crippen LogP contribution is 2.26. The van der Waals surface area contributed by atoms with Crippen molar-refractivity contribution >= 4 is 22.7 Å². The fourth-order valence-corrected chi connectivity index (χ4v) is 2.96. The van der Waals surface area contributed by atoms with Crippen molar-refractivity contribution < 1.29 is 14.3 Å². The lowest BCUT2D eigenvalue weighted by molar-refractivity contribution is -0.139. The number of allylic oxidation sites excluding steroid dienone is 1. The van der Waals surface area contributed by atoms with Crippen molar-refractivity contribution in [1.82, 2.24) is 15.0 Å². The Morgan fingerprint density at radius 3 is 2.76 bits per heavy atom. The number of ether oxygens (including phenoxy) is 1. The van der Waals surface area contributed by atoms with Crippen LogP contribution in [0.4, 0.5) is 0 Å². The zero-order chi connectivity index (χ0) is 17.8. The van der Waals surface area contributed by atoms with Crippen LogP contribution < -0.4 is 4.74 Å². The fraction of sp³-hybridized carbons (Fsp3) is 0.316. The van der Waals surface area contributed by atoms with Crippen LogP contribution in [0.5, 0.6) is 5.75 Å². The van der Waals surface area contributed by atoms with E-state index in [0.717, 1.165) is 11.8 Å². The van der Waals surface area contributed by atoms with E-state index in [4.69, 9.17) is 4.74 Å². The maximum absolute atomic E-state index is 12.9. The van der Waals surface area contributed by atoms with Gasteiger partial charge in [-0.2, -0.15) is 0 Å². The van der Waals surface area contributed by atoms with Gasteiger partial charge in [0.25, 0.3) is 5.91 Å². The number of pyridine rings is 1. The van der Waals surface area contributed by atoms with Crippen LogP contribution >= 0.6 is 0 Å². The topological polar surface area (TPSA) is 62.7 Å². The molecule has 0 unspecified atom stereocenters. The number of methoxy groups -OCH3 is 1. The molecule has 0 atom stereocenters. The van der Waals surface area contributed by atoms with Gasteiger partial charge in [-0.3, -0.25) is 14.6 Å². The molecule has 3 rings (SSSR count). The summed E-state index contributed by atoms with van der Waals surface area (Å²) in [6, 6.07) is 9.14. The van der Waals surface area contributed by atoms with E-state index in [2.05, 4.69) is 4.98 Å². The van der Waals surface area contributed by atoms with Gasteiger partial charge in [-0.25, -0.2) is 9.99 Å². The second-order valence-electron chi connectivity index (χ2n) is 5.80. The summed E-state index contributed by atoms with van der Waals surface area (Å²) in [6.07, 6.45) is 4.67. The third-order valence-electron chi connectivity index (χ3n) is 4.20. The molecule has 0 saturated carbocycles. The Morgan fingerprint density at radius 1 is 1.24 bits per heavy atom. The Labute approximate surface area is 146 Å². The molecule has 1 aliphatic heterocycles. The minimum atomic E-state index is -0.282. The first-order chi connectivity index (χ1) is 12.2. The number of carbonyl (C=O) groups is 2. The van der Waals surface area contributed by atoms with Crippen LogP contribution in [0, 0.1) is 0 Å². The number of rotatable bonds is 4. The molecule has 2 aromatic rings. The van der Waals surface area contributed by atoms with Crippen LogP contribution in [0.3, 0.4) is 0 Å². The summed E-state index contributed by atoms with van der Waals surface area (Å²) in [5, 5.41) is 3.86. The number of nitrogens with zero attached hydrogens (tertiary/aromatic N) is 3. The predicted molar refractivity (Wildman–Crippen MR) is 95.1 cm³/mol. The molecular formula is C19H21N3O3. The van der Waals surface area contributed by atoms with Gasteiger partial charge < -0.3 is 4.74 Å². The minimum absolute atomic E-state index is 0.0864. The van der Waals surface area contributed by atoms with Crippen LogP contribution in [0.2, 0.25) is 0 Å². The molecule has 1 aliphatic rings. The maximum Gasteiger partial charge on any atom is 0.291 e. The summed E-state index contributed by atoms with van der Waals surface area (Å²) < 4.78 is 5.41. The summed E-state index contributed by atoms with van der Waals surface area (Å²) in [7, 11) is 1.57. The summed E-state index contributed by atoms with van der Waals surface area (Å²) in [4.78, 5) is 29.7. The molecular weight excluding hydrogens is 318 g/mol. The molecule has 6 heteroatoms. The molecule has 0 bridgehead atoms. The zero-order valence-corrected chi connectivity index (χ0v) is 14.4. The van der Waals surface area contributed by atoms with E-state index in [1.165, 1.54) is 10.0 Å². The first-order valence-corrected chi connectivity index (χ1v) is 8.32. The lowest BCUT2D eigenvalue weighted by Gasteiger charge is -2.27. The quantitative estimate of drug-likeness (QED) is 0.804. The van der Waals surface area contributed by atoms with Gasteiger partial charge in [0.15, 0.2) is 0 Å². The number of benzene rings is 1. The second-order valence-corrected chi connectivity index (χ2v) is 5.80. The molecule has 0 radical (unpaired) electrons. The summed E-state index contributed by atoms with van der Waals surface area (Å²) >= 11 is 0. The van der Waals surface area contributed by atoms with Gasteiger partial charge in [-0.15, -0.1) is 0 Å². The molecule has 0 spiro atoms. The first kappa shape index (κ1) is 17.0. The highest BCUT2D eigenvalue weighted by atomic mass is 16.5. The van der Waals surface area contributed by atoms with Gasteiger partial charge in [0.2, 0.25) is 5.91 Å². The normalized spacial score (nSPS) is 14.5. The molecule has 2 amide bonds. The monoisotopic (exact) mass is 339 g/mol. The largest absolute Gasteiger partial charge is 0.496 e. The lowest BCUT2D eigenvalue weighted by Crippen LogP contribution is -2.44. The second kappa shape index (κ2) is 7.34. The van der Waals surface area contributed by atoms with Crippen LogP contribution in [0.15, 0.2) is 42.5 Å². The van der Waals surface area contributed by atoms with Crippen LogP contribution in [-0.2, 0) is 4.79 Å². The van der Waals surface area contributed by atoms with Gasteiger partial charge in [-0.05, 0) is 25.5 Å². The molecule has 2 heterocycles. The number of aromatic nitrogens is 1. The first-order valence-electron chi connectivity index (χ1n) is 8.32. The summed E-state index contributed by atoms with van der Waals surface area (Å²) in [5.74, 6) is 0.229. The number of amides is 2. The van der Waals surface area contributed by atoms with Crippen LogP contribution in [-0.4, -0.2) is 47.0 Å². The van der Waals surface area contributed by atoms with E-state index in [1.54, 1.807) is 19.3 Å². The smallest absolute Gasteiger partial charge is 0.291 e. The minimum Gasteiger partial charge on any atom is -0.496 e. The zero-order valence-electron chi connectivity index (χ0n) is 14.4. The van der Waals surface area contributed by atoms with Gasteiger partial charge in [-0.1, -0.05) is 24.3 Å². The lowest BCUT2D eigenvalue weighted by atomic mass is 10.1. The Bertz CT molecular complexity index is 832. The highest BCUT2D eigenvalue weighted by Gasteiger charge is 2.31. The van der Waals surface area contributed by atoms with E-state index in [0.29, 0.717) is 24.4 Å². The summed E-state index contributed by atoms with van der Waals surface area (Å²) in [5.41, 5.74) is 0.970. The van der Waals surface area contributed by atoms with E-state index in [-0.39, 0.29) is 23.9 Å². The molecule has 1 aromatic heterocycles. The molecule has 0 N–H and O–H groups in total. The molecule has 6 nitrogen and oxygen atoms in total. The highest BCUT2D eigenvalue weighted by molar-refractivity contribution is 5.98. The molecule has 0 aliphatic carbocycles. The van der Waals surface area contributed by atoms with Crippen molar-refractivity contribution in [1.29, 1.82) is 0 Å². The van der Waals surface area contributed by atoms with E-state index in [1.807, 2.05) is 37.3 Å². The molecule has 1 saturated heterocycles. The van der Waals surface area contributed by atoms with Crippen molar-refractivity contribution in [3.8, 4) is 5.75 Å². The van der Waals surface area contributed by atoms with Crippen molar-refractivity contribution in [2.45, 2.75) is 19.8 Å². The average Bonchev–Trinajstić information content (AvgIpc) is 3.14. The summed E-state index contributed by atoms with van der Waals surface area (Å²) in [6.45, 7) is 2.93. The number of fused-ring (bicyclic) bond motifs is 1. The number of para-hydroxylation sites is 1. The Morgan fingerprint density at radius 2 is 2.00 bits per heavy atom. The van der Waals surface area contributed by atoms with Gasteiger partial charge in [0, 0.05) is 31.0 Å². The van der Waals surface area contributed by atoms with E-state index in [9.17, 15) is 9.59 Å². The number of hydrogen-bond acceptors (Lipinski definition) is 4. The molecule has 1 fully saturated rings. The SMILES string of the molecule is C/C=C/CC(=O)N1CCCN1C(=O)c1cc(OC)c2ccccc2n1. The average molecular weight is 339 g/mol. The Kier molecular flexibility index (Phi) is 4.97. The fourth-order valence-electron chi connectivity index (χ4n) is 2.96. The van der Waals surface area contributed by atoms with Gasteiger partial charge in [0.05, 0.1) is 12.6 Å². The Hall–Kier alpha value is -2.89. The predicted octanol–water partition coefficient (Wildman–Crippen LogP) is 2.80. The van der Waals surface area contributed by atoms with Crippen molar-refractivity contribution in [2.24, 2.45) is 0 Å². The number of hydrazine groups is 1. The van der Waals surface area contributed by atoms with Crippen molar-refractivity contribution in [3.05, 3.63) is 48.2 Å². The van der Waals surface area contributed by atoms with Crippen molar-refractivity contribution in [3.63, 3.8) is 0 Å². The molecule has 130 valence electrons. The van der Waals surface area contributed by atoms with Gasteiger partial charge in [0.1, 0.15) is 11.4 Å². The number of hydrogen-bond donors (Lipinski definition) is 0. The maximum atomic E-state index is 12.9. The van der Waals surface area contributed by atoms with Crippen molar-refractivity contribution in [2.75, 3.05) is 20.2 Å². The van der Waals surface area contributed by atoms with E-state index >= 15 is 0 Å². The molecule has 1 aromatic carbocycles. The Balaban J connectivity index is 1.92. The van der Waals surface area contributed by atoms with E-state index < -0.39 is 0 Å². The van der Waals surface area contributed by atoms with Gasteiger partial charge >= 0.3 is 0 Å². The number of carbonyl (C=O) groups excluding carboxylic acids is 2. The standard InChI is InChI=1S/C19H21N3O3/c1-3-4-10-18(23)21-11-7-12-22(21)19(24)16-13-17(25-2)14-8-5-6-9-15(14)20-16/h3-6,8-9,13H,7,10-12H2,1-2H3/b4-3+. The molecule has 25 heavy (non-hydrogen) atoms. The van der Waals surface area contributed by atoms with Crippen LogP contribution in [0.25, 0.3) is 10.9 Å².